The summed E-state index contributed by atoms with van der Waals surface area (Å²) < 4.78 is 16.2. The van der Waals surface area contributed by atoms with E-state index in [1.807, 2.05) is 48.7 Å². The zero-order valence-corrected chi connectivity index (χ0v) is 17.0. The molecule has 2 aromatic carbocycles. The van der Waals surface area contributed by atoms with Crippen molar-refractivity contribution in [3.63, 3.8) is 0 Å². The van der Waals surface area contributed by atoms with Crippen molar-refractivity contribution in [3.8, 4) is 11.5 Å². The van der Waals surface area contributed by atoms with Crippen molar-refractivity contribution in [2.24, 2.45) is 0 Å². The Balaban J connectivity index is 1.69. The molecule has 0 saturated carbocycles. The Labute approximate surface area is 174 Å². The number of aromatic amines is 1. The molecule has 1 atom stereocenters. The van der Waals surface area contributed by atoms with Crippen LogP contribution in [0.25, 0.3) is 10.9 Å². The molecule has 30 heavy (non-hydrogen) atoms. The number of para-hydroxylation sites is 1. The topological polar surface area (TPSA) is 76.5 Å². The lowest BCUT2D eigenvalue weighted by atomic mass is 9.87. The van der Waals surface area contributed by atoms with Crippen LogP contribution in [0.2, 0.25) is 0 Å². The molecule has 2 N–H and O–H groups in total. The van der Waals surface area contributed by atoms with Crippen molar-refractivity contribution < 1.29 is 18.7 Å². The Bertz CT molecular complexity index is 1110. The molecule has 0 aliphatic carbocycles. The molecule has 0 bridgehead atoms. The van der Waals surface area contributed by atoms with Crippen LogP contribution in [0.5, 0.6) is 11.5 Å². The molecule has 2 heterocycles. The molecule has 2 aromatic heterocycles. The van der Waals surface area contributed by atoms with Crippen LogP contribution in [0.15, 0.2) is 71.5 Å². The first-order valence-corrected chi connectivity index (χ1v) is 9.76. The Hall–Kier alpha value is -3.67. The number of H-pyrrole nitrogens is 1. The maximum Gasteiger partial charge on any atom is 0.221 e. The second-order valence-corrected chi connectivity index (χ2v) is 7.05. The number of amides is 1. The van der Waals surface area contributed by atoms with E-state index in [1.165, 1.54) is 0 Å². The van der Waals surface area contributed by atoms with Crippen molar-refractivity contribution in [1.29, 1.82) is 0 Å². The first-order chi connectivity index (χ1) is 14.7. The highest BCUT2D eigenvalue weighted by Gasteiger charge is 2.23. The van der Waals surface area contributed by atoms with Gasteiger partial charge in [-0.2, -0.15) is 0 Å². The Kier molecular flexibility index (Phi) is 5.75. The molecular weight excluding hydrogens is 380 g/mol. The Morgan fingerprint density at radius 1 is 1.07 bits per heavy atom. The highest BCUT2D eigenvalue weighted by Crippen LogP contribution is 2.36. The number of aromatic nitrogens is 1. The monoisotopic (exact) mass is 404 g/mol. The van der Waals surface area contributed by atoms with Crippen LogP contribution in [-0.2, 0) is 11.3 Å². The van der Waals surface area contributed by atoms with E-state index in [-0.39, 0.29) is 18.2 Å². The zero-order chi connectivity index (χ0) is 20.9. The van der Waals surface area contributed by atoms with Gasteiger partial charge in [-0.05, 0) is 41.5 Å². The quantitative estimate of drug-likeness (QED) is 0.449. The Morgan fingerprint density at radius 3 is 2.53 bits per heavy atom. The minimum atomic E-state index is -0.179. The highest BCUT2D eigenvalue weighted by molar-refractivity contribution is 5.86. The van der Waals surface area contributed by atoms with Gasteiger partial charge in [0, 0.05) is 35.5 Å². The van der Waals surface area contributed by atoms with E-state index < -0.39 is 0 Å². The number of carbonyl (C=O) groups is 1. The van der Waals surface area contributed by atoms with Crippen LogP contribution in [-0.4, -0.2) is 25.1 Å². The van der Waals surface area contributed by atoms with Crippen LogP contribution in [0.1, 0.15) is 29.2 Å². The van der Waals surface area contributed by atoms with Gasteiger partial charge in [-0.15, -0.1) is 0 Å². The fourth-order valence-corrected chi connectivity index (χ4v) is 3.68. The maximum atomic E-state index is 12.8. The van der Waals surface area contributed by atoms with Gasteiger partial charge in [-0.1, -0.05) is 18.2 Å². The molecule has 1 amide bonds. The average molecular weight is 404 g/mol. The third kappa shape index (κ3) is 4.17. The number of hydrogen-bond acceptors (Lipinski definition) is 4. The molecule has 6 heteroatoms. The molecule has 1 unspecified atom stereocenters. The van der Waals surface area contributed by atoms with E-state index in [1.54, 1.807) is 26.5 Å². The second-order valence-electron chi connectivity index (χ2n) is 7.05. The third-order valence-electron chi connectivity index (χ3n) is 5.20. The molecule has 0 fully saturated rings. The maximum absolute atomic E-state index is 12.8. The van der Waals surface area contributed by atoms with Crippen LogP contribution in [0, 0.1) is 0 Å². The largest absolute Gasteiger partial charge is 0.497 e. The third-order valence-corrected chi connectivity index (χ3v) is 5.20. The minimum absolute atomic E-state index is 0.0662. The summed E-state index contributed by atoms with van der Waals surface area (Å²) in [4.78, 5) is 16.2. The summed E-state index contributed by atoms with van der Waals surface area (Å²) in [6.07, 6.45) is 3.85. The lowest BCUT2D eigenvalue weighted by Gasteiger charge is -2.19. The highest BCUT2D eigenvalue weighted by atomic mass is 16.5. The lowest BCUT2D eigenvalue weighted by molar-refractivity contribution is -0.121. The summed E-state index contributed by atoms with van der Waals surface area (Å²) in [6, 6.07) is 17.5. The van der Waals surface area contributed by atoms with E-state index in [2.05, 4.69) is 16.4 Å². The van der Waals surface area contributed by atoms with Crippen LogP contribution in [0.4, 0.5) is 0 Å². The fraction of sp³-hybridized carbons (Fsp3) is 0.208. The van der Waals surface area contributed by atoms with Gasteiger partial charge in [-0.25, -0.2) is 0 Å². The van der Waals surface area contributed by atoms with Gasteiger partial charge in [0.05, 0.1) is 27.0 Å². The number of hydrogen-bond donors (Lipinski definition) is 2. The summed E-state index contributed by atoms with van der Waals surface area (Å²) in [7, 11) is 3.24. The van der Waals surface area contributed by atoms with Crippen LogP contribution < -0.4 is 14.8 Å². The van der Waals surface area contributed by atoms with Gasteiger partial charge < -0.3 is 24.2 Å². The number of nitrogens with one attached hydrogen (secondary N) is 2. The normalized spacial score (nSPS) is 11.9. The molecule has 6 nitrogen and oxygen atoms in total. The SMILES string of the molecule is COc1cc(OC)cc(C(CC(=O)NCc2ccco2)c2c[nH]c3ccccc23)c1. The number of ether oxygens (including phenoxy) is 2. The predicted octanol–water partition coefficient (Wildman–Crippen LogP) is 4.62. The van der Waals surface area contributed by atoms with Gasteiger partial charge in [0.15, 0.2) is 0 Å². The molecule has 154 valence electrons. The first kappa shape index (κ1) is 19.6. The molecule has 0 saturated heterocycles. The summed E-state index contributed by atoms with van der Waals surface area (Å²) in [5.74, 6) is 1.84. The van der Waals surface area contributed by atoms with E-state index in [0.717, 1.165) is 27.8 Å². The average Bonchev–Trinajstić information content (AvgIpc) is 3.45. The number of furan rings is 1. The van der Waals surface area contributed by atoms with Crippen LogP contribution >= 0.6 is 0 Å². The van der Waals surface area contributed by atoms with Gasteiger partial charge in [0.25, 0.3) is 0 Å². The lowest BCUT2D eigenvalue weighted by Crippen LogP contribution is -2.24. The number of carbonyl (C=O) groups excluding carboxylic acids is 1. The number of fused-ring (bicyclic) bond motifs is 1. The van der Waals surface area contributed by atoms with Crippen LogP contribution in [0.3, 0.4) is 0 Å². The van der Waals surface area contributed by atoms with Crippen molar-refractivity contribution in [3.05, 3.63) is 83.9 Å². The first-order valence-electron chi connectivity index (χ1n) is 9.76. The zero-order valence-electron chi connectivity index (χ0n) is 17.0. The number of rotatable bonds is 8. The minimum Gasteiger partial charge on any atom is -0.497 e. The smallest absolute Gasteiger partial charge is 0.221 e. The molecular formula is C24H24N2O4. The molecule has 4 aromatic rings. The van der Waals surface area contributed by atoms with Gasteiger partial charge >= 0.3 is 0 Å². The van der Waals surface area contributed by atoms with Crippen molar-refractivity contribution in [2.75, 3.05) is 14.2 Å². The van der Waals surface area contributed by atoms with Crippen molar-refractivity contribution in [1.82, 2.24) is 10.3 Å². The summed E-state index contributed by atoms with van der Waals surface area (Å²) >= 11 is 0. The van der Waals surface area contributed by atoms with E-state index in [9.17, 15) is 4.79 Å². The number of methoxy groups -OCH3 is 2. The van der Waals surface area contributed by atoms with Gasteiger partial charge in [-0.3, -0.25) is 4.79 Å². The van der Waals surface area contributed by atoms with E-state index in [0.29, 0.717) is 18.0 Å². The molecule has 4 rings (SSSR count). The fourth-order valence-electron chi connectivity index (χ4n) is 3.68. The molecule has 0 spiro atoms. The Morgan fingerprint density at radius 2 is 1.83 bits per heavy atom. The summed E-state index contributed by atoms with van der Waals surface area (Å²) in [5, 5.41) is 4.03. The van der Waals surface area contributed by atoms with E-state index in [4.69, 9.17) is 13.9 Å². The number of benzene rings is 2. The molecule has 0 radical (unpaired) electrons. The summed E-state index contributed by atoms with van der Waals surface area (Å²) in [6.45, 7) is 0.355. The predicted molar refractivity (Wildman–Crippen MR) is 115 cm³/mol. The molecule has 0 aliphatic heterocycles. The van der Waals surface area contributed by atoms with E-state index >= 15 is 0 Å². The summed E-state index contributed by atoms with van der Waals surface area (Å²) in [5.41, 5.74) is 3.03. The van der Waals surface area contributed by atoms with Gasteiger partial charge in [0.1, 0.15) is 17.3 Å². The van der Waals surface area contributed by atoms with Gasteiger partial charge in [0.2, 0.25) is 5.91 Å². The second kappa shape index (κ2) is 8.78. The molecule has 0 aliphatic rings. The van der Waals surface area contributed by atoms with Crippen molar-refractivity contribution in [2.45, 2.75) is 18.9 Å². The van der Waals surface area contributed by atoms with Crippen molar-refractivity contribution >= 4 is 16.8 Å². The standard InChI is InChI=1S/C24H24N2O4/c1-28-18-10-16(11-19(12-18)29-2)21(13-24(27)26-14-17-6-5-9-30-17)22-15-25-23-8-4-3-7-20(22)23/h3-12,15,21,25H,13-14H2,1-2H3,(H,26,27).